The molecule has 0 aliphatic rings. The second-order valence-electron chi connectivity index (χ2n) is 4.84. The first-order chi connectivity index (χ1) is 9.28. The molecule has 0 bridgehead atoms. The van der Waals surface area contributed by atoms with Crippen LogP contribution in [-0.4, -0.2) is 35.6 Å². The Morgan fingerprint density at radius 1 is 1.30 bits per heavy atom. The molecule has 0 aromatic heterocycles. The van der Waals surface area contributed by atoms with Gasteiger partial charge in [0.05, 0.1) is 0 Å². The fourth-order valence-electron chi connectivity index (χ4n) is 1.79. The molecular formula is C14H21NO4S. The Labute approximate surface area is 120 Å². The average Bonchev–Trinajstić information content (AvgIpc) is 2.39. The summed E-state index contributed by atoms with van der Waals surface area (Å²) in [6, 6.07) is 7.54. The molecule has 0 aliphatic heterocycles. The monoisotopic (exact) mass is 299 g/mol. The van der Waals surface area contributed by atoms with Crippen LogP contribution in [0.15, 0.2) is 24.3 Å². The normalized spacial score (nSPS) is 13.4. The maximum absolute atomic E-state index is 12.3. The number of aliphatic carboxylic acids is 1. The number of benzene rings is 1. The molecule has 0 heterocycles. The largest absolute Gasteiger partial charge is 0.480 e. The van der Waals surface area contributed by atoms with Crippen LogP contribution in [0.5, 0.6) is 0 Å². The fourth-order valence-corrected chi connectivity index (χ4v) is 3.26. The first-order valence-electron chi connectivity index (χ1n) is 6.56. The summed E-state index contributed by atoms with van der Waals surface area (Å²) in [7, 11) is -3.84. The Morgan fingerprint density at radius 3 is 2.30 bits per heavy atom. The van der Waals surface area contributed by atoms with Crippen LogP contribution >= 0.6 is 0 Å². The zero-order chi connectivity index (χ0) is 15.3. The third-order valence-corrected chi connectivity index (χ3v) is 5.23. The minimum absolute atomic E-state index is 0.202. The molecule has 0 fully saturated rings. The number of hydrogen-bond donors (Lipinski definition) is 1. The quantitative estimate of drug-likeness (QED) is 0.835. The fraction of sp³-hybridized carbons (Fsp3) is 0.500. The summed E-state index contributed by atoms with van der Waals surface area (Å²) in [5.41, 5.74) is 1.95. The molecule has 0 aliphatic carbocycles. The summed E-state index contributed by atoms with van der Waals surface area (Å²) in [6.45, 7) is 5.54. The lowest BCUT2D eigenvalue weighted by Crippen LogP contribution is -2.41. The third kappa shape index (κ3) is 4.05. The lowest BCUT2D eigenvalue weighted by Gasteiger charge is -2.23. The highest BCUT2D eigenvalue weighted by Crippen LogP contribution is 2.15. The number of hydrogen-bond acceptors (Lipinski definition) is 3. The summed E-state index contributed by atoms with van der Waals surface area (Å²) in [4.78, 5) is 10.9. The van der Waals surface area contributed by atoms with Crippen LogP contribution in [0.4, 0.5) is 0 Å². The van der Waals surface area contributed by atoms with E-state index in [0.717, 1.165) is 11.1 Å². The highest BCUT2D eigenvalue weighted by atomic mass is 32.2. The highest BCUT2D eigenvalue weighted by Gasteiger charge is 2.33. The van der Waals surface area contributed by atoms with Crippen LogP contribution in [0.2, 0.25) is 0 Å². The van der Waals surface area contributed by atoms with Gasteiger partial charge >= 0.3 is 5.97 Å². The minimum Gasteiger partial charge on any atom is -0.480 e. The summed E-state index contributed by atoms with van der Waals surface area (Å²) in [5.74, 6) is -1.32. The maximum atomic E-state index is 12.3. The topological polar surface area (TPSA) is 74.7 Å². The van der Waals surface area contributed by atoms with Crippen LogP contribution in [-0.2, 0) is 21.4 Å². The molecule has 0 radical (unpaired) electrons. The molecule has 0 amide bonds. The second-order valence-corrected chi connectivity index (χ2v) is 7.10. The molecule has 1 N–H and O–H groups in total. The van der Waals surface area contributed by atoms with Gasteiger partial charge in [0.2, 0.25) is 10.0 Å². The summed E-state index contributed by atoms with van der Waals surface area (Å²) in [5, 5.41) is 7.50. The van der Waals surface area contributed by atoms with Crippen molar-refractivity contribution in [3.05, 3.63) is 35.4 Å². The predicted molar refractivity (Wildman–Crippen MR) is 77.9 cm³/mol. The number of aryl methyl sites for hydroxylation is 1. The number of nitrogens with zero attached hydrogens (tertiary/aromatic N) is 1. The Morgan fingerprint density at radius 2 is 1.85 bits per heavy atom. The molecule has 1 aromatic carbocycles. The van der Waals surface area contributed by atoms with Crippen LogP contribution in [0.3, 0.4) is 0 Å². The van der Waals surface area contributed by atoms with E-state index in [1.165, 1.54) is 11.2 Å². The minimum atomic E-state index is -3.84. The maximum Gasteiger partial charge on any atom is 0.323 e. The molecule has 20 heavy (non-hydrogen) atoms. The van der Waals surface area contributed by atoms with Crippen molar-refractivity contribution in [3.8, 4) is 0 Å². The molecule has 1 atom stereocenters. The Bertz CT molecular complexity index is 551. The zero-order valence-corrected chi connectivity index (χ0v) is 12.9. The van der Waals surface area contributed by atoms with Gasteiger partial charge in [0.15, 0.2) is 5.25 Å². The Hall–Kier alpha value is -1.40. The Balaban J connectivity index is 2.99. The van der Waals surface area contributed by atoms with E-state index in [1.54, 1.807) is 0 Å². The molecule has 112 valence electrons. The van der Waals surface area contributed by atoms with Crippen LogP contribution in [0.25, 0.3) is 0 Å². The molecule has 0 spiro atoms. The first kappa shape index (κ1) is 16.7. The van der Waals surface area contributed by atoms with Gasteiger partial charge < -0.3 is 5.11 Å². The molecule has 1 aromatic rings. The van der Waals surface area contributed by atoms with E-state index in [-0.39, 0.29) is 6.54 Å². The van der Waals surface area contributed by atoms with Gasteiger partial charge in [0, 0.05) is 13.1 Å². The average molecular weight is 299 g/mol. The number of rotatable bonds is 7. The van der Waals surface area contributed by atoms with Crippen molar-refractivity contribution in [2.75, 3.05) is 6.54 Å². The zero-order valence-electron chi connectivity index (χ0n) is 12.0. The van der Waals surface area contributed by atoms with Gasteiger partial charge in [-0.1, -0.05) is 36.8 Å². The molecular weight excluding hydrogens is 278 g/mol. The SMILES string of the molecule is CCCN(Cc1ccc(C)cc1)S(=O)(=O)C(C)C(=O)O. The van der Waals surface area contributed by atoms with E-state index >= 15 is 0 Å². The van der Waals surface area contributed by atoms with E-state index < -0.39 is 21.2 Å². The molecule has 5 nitrogen and oxygen atoms in total. The second kappa shape index (κ2) is 6.85. The van der Waals surface area contributed by atoms with Crippen LogP contribution in [0, 0.1) is 6.92 Å². The van der Waals surface area contributed by atoms with Crippen molar-refractivity contribution in [2.24, 2.45) is 0 Å². The van der Waals surface area contributed by atoms with E-state index in [4.69, 9.17) is 5.11 Å². The Kier molecular flexibility index (Phi) is 5.71. The van der Waals surface area contributed by atoms with Gasteiger partial charge in [-0.2, -0.15) is 4.31 Å². The van der Waals surface area contributed by atoms with Crippen molar-refractivity contribution in [1.82, 2.24) is 4.31 Å². The number of carboxylic acids is 1. The van der Waals surface area contributed by atoms with E-state index in [9.17, 15) is 13.2 Å². The summed E-state index contributed by atoms with van der Waals surface area (Å²) < 4.78 is 25.8. The van der Waals surface area contributed by atoms with Gasteiger partial charge in [-0.25, -0.2) is 8.42 Å². The highest BCUT2D eigenvalue weighted by molar-refractivity contribution is 7.90. The lowest BCUT2D eigenvalue weighted by molar-refractivity contribution is -0.136. The van der Waals surface area contributed by atoms with Crippen molar-refractivity contribution >= 4 is 16.0 Å². The molecule has 0 saturated heterocycles. The van der Waals surface area contributed by atoms with Crippen LogP contribution in [0.1, 0.15) is 31.4 Å². The van der Waals surface area contributed by atoms with Gasteiger partial charge in [0.25, 0.3) is 0 Å². The smallest absolute Gasteiger partial charge is 0.323 e. The van der Waals surface area contributed by atoms with Crippen LogP contribution < -0.4 is 0 Å². The number of carboxylic acid groups (broad SMARTS) is 1. The third-order valence-electron chi connectivity index (χ3n) is 3.11. The number of carbonyl (C=O) groups is 1. The predicted octanol–water partition coefficient (Wildman–Crippen LogP) is 2.01. The van der Waals surface area contributed by atoms with Crippen molar-refractivity contribution in [1.29, 1.82) is 0 Å². The molecule has 0 saturated carbocycles. The van der Waals surface area contributed by atoms with Gasteiger partial charge in [-0.15, -0.1) is 0 Å². The molecule has 1 unspecified atom stereocenters. The van der Waals surface area contributed by atoms with Gasteiger partial charge in [-0.3, -0.25) is 4.79 Å². The van der Waals surface area contributed by atoms with E-state index in [2.05, 4.69) is 0 Å². The van der Waals surface area contributed by atoms with Gasteiger partial charge in [0.1, 0.15) is 0 Å². The van der Waals surface area contributed by atoms with Crippen molar-refractivity contribution in [2.45, 2.75) is 39.0 Å². The van der Waals surface area contributed by atoms with Crippen molar-refractivity contribution in [3.63, 3.8) is 0 Å². The van der Waals surface area contributed by atoms with Gasteiger partial charge in [-0.05, 0) is 25.8 Å². The molecule has 6 heteroatoms. The number of sulfonamides is 1. The lowest BCUT2D eigenvalue weighted by atomic mass is 10.1. The van der Waals surface area contributed by atoms with E-state index in [1.807, 2.05) is 38.1 Å². The standard InChI is InChI=1S/C14H21NO4S/c1-4-9-15(20(18,19)12(3)14(16)17)10-13-7-5-11(2)6-8-13/h5-8,12H,4,9-10H2,1-3H3,(H,16,17). The summed E-state index contributed by atoms with van der Waals surface area (Å²) >= 11 is 0. The van der Waals surface area contributed by atoms with E-state index in [0.29, 0.717) is 13.0 Å². The molecule has 1 rings (SSSR count). The first-order valence-corrected chi connectivity index (χ1v) is 8.06. The summed E-state index contributed by atoms with van der Waals surface area (Å²) in [6.07, 6.45) is 0.636. The van der Waals surface area contributed by atoms with Crippen molar-refractivity contribution < 1.29 is 18.3 Å².